The van der Waals surface area contributed by atoms with Crippen LogP contribution in [0.1, 0.15) is 32.1 Å². The molecule has 2 aromatic rings. The van der Waals surface area contributed by atoms with E-state index in [0.29, 0.717) is 11.1 Å². The summed E-state index contributed by atoms with van der Waals surface area (Å²) < 4.78 is 0. The lowest BCUT2D eigenvalue weighted by atomic mass is 9.95. The van der Waals surface area contributed by atoms with Crippen LogP contribution in [-0.4, -0.2) is 16.0 Å². The molecule has 1 aliphatic rings. The summed E-state index contributed by atoms with van der Waals surface area (Å²) in [6.45, 7) is 0. The topological polar surface area (TPSA) is 49.8 Å². The summed E-state index contributed by atoms with van der Waals surface area (Å²) in [6.07, 6.45) is 7.98. The van der Waals surface area contributed by atoms with E-state index in [0.717, 1.165) is 17.3 Å². The van der Waals surface area contributed by atoms with Crippen LogP contribution in [0.25, 0.3) is 0 Å². The second-order valence-electron chi connectivity index (χ2n) is 5.40. The molecule has 21 heavy (non-hydrogen) atoms. The Hall–Kier alpha value is -1.81. The van der Waals surface area contributed by atoms with Crippen LogP contribution < -0.4 is 10.6 Å². The molecule has 0 radical (unpaired) electrons. The SMILES string of the molecule is Clc1cccc(Nc2cc(NC3CCCCC3)ncn2)c1. The van der Waals surface area contributed by atoms with E-state index in [1.165, 1.54) is 32.1 Å². The number of aromatic nitrogens is 2. The van der Waals surface area contributed by atoms with Crippen LogP contribution >= 0.6 is 11.6 Å². The largest absolute Gasteiger partial charge is 0.367 e. The van der Waals surface area contributed by atoms with Crippen LogP contribution in [0.4, 0.5) is 17.3 Å². The number of anilines is 3. The molecular weight excluding hydrogens is 284 g/mol. The first-order chi connectivity index (χ1) is 10.3. The van der Waals surface area contributed by atoms with Crippen molar-refractivity contribution in [3.8, 4) is 0 Å². The highest BCUT2D eigenvalue weighted by molar-refractivity contribution is 6.30. The molecule has 0 spiro atoms. The van der Waals surface area contributed by atoms with Crippen molar-refractivity contribution in [2.75, 3.05) is 10.6 Å². The van der Waals surface area contributed by atoms with E-state index in [4.69, 9.17) is 11.6 Å². The number of hydrogen-bond donors (Lipinski definition) is 2. The van der Waals surface area contributed by atoms with Gasteiger partial charge in [-0.15, -0.1) is 0 Å². The maximum atomic E-state index is 5.99. The molecular formula is C16H19ClN4. The fraction of sp³-hybridized carbons (Fsp3) is 0.375. The van der Waals surface area contributed by atoms with Crippen LogP contribution in [0.5, 0.6) is 0 Å². The fourth-order valence-corrected chi connectivity index (χ4v) is 2.87. The summed E-state index contributed by atoms with van der Waals surface area (Å²) in [4.78, 5) is 8.56. The van der Waals surface area contributed by atoms with Gasteiger partial charge in [0.25, 0.3) is 0 Å². The highest BCUT2D eigenvalue weighted by Crippen LogP contribution is 2.23. The second-order valence-corrected chi connectivity index (χ2v) is 5.84. The first-order valence-corrected chi connectivity index (χ1v) is 7.78. The van der Waals surface area contributed by atoms with Gasteiger partial charge in [-0.1, -0.05) is 36.9 Å². The minimum Gasteiger partial charge on any atom is -0.367 e. The molecule has 0 atom stereocenters. The van der Waals surface area contributed by atoms with Gasteiger partial charge in [-0.3, -0.25) is 0 Å². The Kier molecular flexibility index (Phi) is 4.55. The molecule has 1 saturated carbocycles. The molecule has 0 amide bonds. The summed E-state index contributed by atoms with van der Waals surface area (Å²) >= 11 is 5.99. The smallest absolute Gasteiger partial charge is 0.135 e. The monoisotopic (exact) mass is 302 g/mol. The first-order valence-electron chi connectivity index (χ1n) is 7.41. The van der Waals surface area contributed by atoms with Crippen molar-refractivity contribution in [2.24, 2.45) is 0 Å². The molecule has 1 aliphatic carbocycles. The van der Waals surface area contributed by atoms with Gasteiger partial charge in [0.2, 0.25) is 0 Å². The Morgan fingerprint density at radius 3 is 2.62 bits per heavy atom. The molecule has 3 rings (SSSR count). The van der Waals surface area contributed by atoms with Crippen molar-refractivity contribution < 1.29 is 0 Å². The van der Waals surface area contributed by atoms with E-state index in [1.54, 1.807) is 6.33 Å². The molecule has 0 unspecified atom stereocenters. The highest BCUT2D eigenvalue weighted by Gasteiger charge is 2.13. The molecule has 0 saturated heterocycles. The molecule has 1 aromatic carbocycles. The molecule has 4 nitrogen and oxygen atoms in total. The zero-order valence-corrected chi connectivity index (χ0v) is 12.6. The third-order valence-corrected chi connectivity index (χ3v) is 3.96. The fourth-order valence-electron chi connectivity index (χ4n) is 2.67. The van der Waals surface area contributed by atoms with Crippen molar-refractivity contribution in [3.63, 3.8) is 0 Å². The molecule has 1 fully saturated rings. The molecule has 0 aliphatic heterocycles. The standard InChI is InChI=1S/C16H19ClN4/c17-12-5-4-8-14(9-12)21-16-10-15(18-11-19-16)20-13-6-2-1-3-7-13/h4-5,8-11,13H,1-3,6-7H2,(H2,18,19,20,21). The number of halogens is 1. The first kappa shape index (κ1) is 14.1. The third kappa shape index (κ3) is 4.08. The normalized spacial score (nSPS) is 15.7. The van der Waals surface area contributed by atoms with Gasteiger partial charge >= 0.3 is 0 Å². The van der Waals surface area contributed by atoms with Crippen molar-refractivity contribution in [1.29, 1.82) is 0 Å². The quantitative estimate of drug-likeness (QED) is 0.865. The Morgan fingerprint density at radius 1 is 1.00 bits per heavy atom. The van der Waals surface area contributed by atoms with E-state index >= 15 is 0 Å². The Morgan fingerprint density at radius 2 is 1.81 bits per heavy atom. The average molecular weight is 303 g/mol. The number of rotatable bonds is 4. The van der Waals surface area contributed by atoms with Gasteiger partial charge in [0.05, 0.1) is 0 Å². The Bertz CT molecular complexity index is 596. The lowest BCUT2D eigenvalue weighted by Crippen LogP contribution is -2.22. The maximum Gasteiger partial charge on any atom is 0.135 e. The van der Waals surface area contributed by atoms with E-state index in [9.17, 15) is 0 Å². The van der Waals surface area contributed by atoms with Crippen molar-refractivity contribution in [3.05, 3.63) is 41.7 Å². The lowest BCUT2D eigenvalue weighted by Gasteiger charge is -2.23. The van der Waals surface area contributed by atoms with Gasteiger partial charge in [-0.2, -0.15) is 0 Å². The minimum absolute atomic E-state index is 0.535. The van der Waals surface area contributed by atoms with E-state index in [-0.39, 0.29) is 0 Å². The molecule has 1 heterocycles. The lowest BCUT2D eigenvalue weighted by molar-refractivity contribution is 0.462. The van der Waals surface area contributed by atoms with E-state index in [1.807, 2.05) is 30.3 Å². The number of benzene rings is 1. The summed E-state index contributed by atoms with van der Waals surface area (Å²) in [5.41, 5.74) is 0.921. The average Bonchev–Trinajstić information content (AvgIpc) is 2.49. The van der Waals surface area contributed by atoms with Crippen LogP contribution in [-0.2, 0) is 0 Å². The third-order valence-electron chi connectivity index (χ3n) is 3.72. The van der Waals surface area contributed by atoms with Crippen molar-refractivity contribution >= 4 is 28.9 Å². The van der Waals surface area contributed by atoms with Crippen LogP contribution in [0.15, 0.2) is 36.7 Å². The van der Waals surface area contributed by atoms with Gasteiger partial charge in [0, 0.05) is 22.8 Å². The zero-order chi connectivity index (χ0) is 14.5. The number of hydrogen-bond acceptors (Lipinski definition) is 4. The molecule has 0 bridgehead atoms. The van der Waals surface area contributed by atoms with E-state index in [2.05, 4.69) is 20.6 Å². The second kappa shape index (κ2) is 6.76. The van der Waals surface area contributed by atoms with Gasteiger partial charge in [-0.05, 0) is 31.0 Å². The molecule has 2 N–H and O–H groups in total. The summed E-state index contributed by atoms with van der Waals surface area (Å²) in [5.74, 6) is 1.65. The predicted molar refractivity (Wildman–Crippen MR) is 87.3 cm³/mol. The predicted octanol–water partition coefficient (Wildman–Crippen LogP) is 4.62. The molecule has 110 valence electrons. The highest BCUT2D eigenvalue weighted by atomic mass is 35.5. The van der Waals surface area contributed by atoms with Crippen LogP contribution in [0.3, 0.4) is 0 Å². The van der Waals surface area contributed by atoms with Crippen LogP contribution in [0, 0.1) is 0 Å². The van der Waals surface area contributed by atoms with Gasteiger partial charge in [0.1, 0.15) is 18.0 Å². The van der Waals surface area contributed by atoms with Gasteiger partial charge in [-0.25, -0.2) is 9.97 Å². The van der Waals surface area contributed by atoms with Gasteiger partial charge < -0.3 is 10.6 Å². The molecule has 5 heteroatoms. The van der Waals surface area contributed by atoms with E-state index < -0.39 is 0 Å². The number of nitrogens with one attached hydrogen (secondary N) is 2. The zero-order valence-electron chi connectivity index (χ0n) is 11.8. The minimum atomic E-state index is 0.535. The summed E-state index contributed by atoms with van der Waals surface area (Å²) in [7, 11) is 0. The molecule has 1 aromatic heterocycles. The summed E-state index contributed by atoms with van der Waals surface area (Å²) in [5, 5.41) is 7.45. The Balaban J connectivity index is 1.67. The Labute approximate surface area is 130 Å². The summed E-state index contributed by atoms with van der Waals surface area (Å²) in [6, 6.07) is 10.1. The maximum absolute atomic E-state index is 5.99. The van der Waals surface area contributed by atoms with Crippen molar-refractivity contribution in [2.45, 2.75) is 38.1 Å². The number of nitrogens with zero attached hydrogens (tertiary/aromatic N) is 2. The van der Waals surface area contributed by atoms with Crippen molar-refractivity contribution in [1.82, 2.24) is 9.97 Å². The van der Waals surface area contributed by atoms with Gasteiger partial charge in [0.15, 0.2) is 0 Å². The van der Waals surface area contributed by atoms with Crippen LogP contribution in [0.2, 0.25) is 5.02 Å².